The highest BCUT2D eigenvalue weighted by Crippen LogP contribution is 2.36. The third kappa shape index (κ3) is 3.07. The van der Waals surface area contributed by atoms with Crippen LogP contribution in [0, 0.1) is 11.3 Å². The Hall–Kier alpha value is -1.34. The normalized spacial score (nSPS) is 13.6. The quantitative estimate of drug-likeness (QED) is 0.857. The molecule has 17 heavy (non-hydrogen) atoms. The molecule has 0 aliphatic carbocycles. The molecule has 0 spiro atoms. The van der Waals surface area contributed by atoms with Crippen molar-refractivity contribution in [1.29, 1.82) is 5.26 Å². The number of methoxy groups -OCH3 is 1. The molecule has 0 saturated heterocycles. The smallest absolute Gasteiger partial charge is 0.131 e. The Bertz CT molecular complexity index is 479. The first kappa shape index (κ1) is 13.7. The van der Waals surface area contributed by atoms with Gasteiger partial charge < -0.3 is 4.74 Å². The average molecular weight is 296 g/mol. The number of ether oxygens (including phenoxy) is 1. The van der Waals surface area contributed by atoms with Gasteiger partial charge in [-0.2, -0.15) is 5.26 Å². The van der Waals surface area contributed by atoms with Crippen LogP contribution in [-0.4, -0.2) is 12.9 Å². The van der Waals surface area contributed by atoms with E-state index in [2.05, 4.69) is 22.0 Å². The predicted molar refractivity (Wildman–Crippen MR) is 69.0 cm³/mol. The van der Waals surface area contributed by atoms with Crippen molar-refractivity contribution in [3.63, 3.8) is 0 Å². The van der Waals surface area contributed by atoms with Crippen molar-refractivity contribution in [2.24, 2.45) is 0 Å². The summed E-state index contributed by atoms with van der Waals surface area (Å²) in [6.07, 6.45) is 0.182. The number of Topliss-reactive ketones (excluding diaryl/α,β-unsaturated/α-hetero) is 1. The summed E-state index contributed by atoms with van der Waals surface area (Å²) in [6.45, 7) is 3.24. The van der Waals surface area contributed by atoms with Crippen LogP contribution in [0.3, 0.4) is 0 Å². The zero-order chi connectivity index (χ0) is 13.1. The molecule has 90 valence electrons. The van der Waals surface area contributed by atoms with E-state index in [0.717, 1.165) is 10.0 Å². The number of nitriles is 1. The lowest BCUT2D eigenvalue weighted by molar-refractivity contribution is -0.117. The summed E-state index contributed by atoms with van der Waals surface area (Å²) in [6, 6.07) is 7.66. The maximum Gasteiger partial charge on any atom is 0.131 e. The highest BCUT2D eigenvalue weighted by Gasteiger charge is 2.31. The van der Waals surface area contributed by atoms with Gasteiger partial charge >= 0.3 is 0 Å². The second kappa shape index (κ2) is 5.33. The topological polar surface area (TPSA) is 50.1 Å². The summed E-state index contributed by atoms with van der Waals surface area (Å²) < 4.78 is 6.14. The number of hydrogen-bond acceptors (Lipinski definition) is 3. The molecule has 0 fully saturated rings. The minimum absolute atomic E-state index is 0.0148. The molecule has 1 aromatic rings. The molecule has 1 unspecified atom stereocenters. The summed E-state index contributed by atoms with van der Waals surface area (Å²) in [5.74, 6) is 0.601. The van der Waals surface area contributed by atoms with Crippen molar-refractivity contribution >= 4 is 21.7 Å². The van der Waals surface area contributed by atoms with Gasteiger partial charge in [0.05, 0.1) is 18.6 Å². The predicted octanol–water partition coefficient (Wildman–Crippen LogP) is 3.22. The zero-order valence-electron chi connectivity index (χ0n) is 10.1. The molecular weight excluding hydrogens is 282 g/mol. The Kier molecular flexibility index (Phi) is 4.30. The molecule has 1 rings (SSSR count). The van der Waals surface area contributed by atoms with Crippen LogP contribution in [0.1, 0.15) is 25.8 Å². The third-order valence-corrected chi connectivity index (χ3v) is 3.10. The van der Waals surface area contributed by atoms with Crippen molar-refractivity contribution in [3.05, 3.63) is 28.2 Å². The van der Waals surface area contributed by atoms with Gasteiger partial charge in [-0.05, 0) is 26.0 Å². The van der Waals surface area contributed by atoms with E-state index >= 15 is 0 Å². The van der Waals surface area contributed by atoms with Crippen molar-refractivity contribution in [2.45, 2.75) is 25.7 Å². The summed E-state index contributed by atoms with van der Waals surface area (Å²) in [4.78, 5) is 11.3. The van der Waals surface area contributed by atoms with Gasteiger partial charge in [-0.15, -0.1) is 0 Å². The fraction of sp³-hybridized carbons (Fsp3) is 0.385. The molecule has 0 aliphatic rings. The highest BCUT2D eigenvalue weighted by molar-refractivity contribution is 9.10. The Morgan fingerprint density at radius 2 is 2.24 bits per heavy atom. The van der Waals surface area contributed by atoms with Crippen molar-refractivity contribution < 1.29 is 9.53 Å². The molecule has 0 bridgehead atoms. The van der Waals surface area contributed by atoms with E-state index in [-0.39, 0.29) is 12.2 Å². The fourth-order valence-corrected chi connectivity index (χ4v) is 2.15. The number of ketones is 1. The number of halogens is 1. The minimum atomic E-state index is -0.849. The minimum Gasteiger partial charge on any atom is -0.496 e. The van der Waals surface area contributed by atoms with Gasteiger partial charge in [-0.3, -0.25) is 4.79 Å². The monoisotopic (exact) mass is 295 g/mol. The molecule has 0 N–H and O–H groups in total. The van der Waals surface area contributed by atoms with Crippen LogP contribution >= 0.6 is 15.9 Å². The number of benzene rings is 1. The van der Waals surface area contributed by atoms with Crippen LogP contribution in [0.15, 0.2) is 22.7 Å². The van der Waals surface area contributed by atoms with Crippen LogP contribution in [0.5, 0.6) is 5.75 Å². The SMILES string of the molecule is COc1cc(Br)ccc1C(C)(C#N)CC(C)=O. The highest BCUT2D eigenvalue weighted by atomic mass is 79.9. The maximum atomic E-state index is 11.3. The first-order valence-corrected chi connectivity index (χ1v) is 5.97. The molecule has 0 heterocycles. The van der Waals surface area contributed by atoms with Crippen molar-refractivity contribution in [1.82, 2.24) is 0 Å². The fourth-order valence-electron chi connectivity index (χ4n) is 1.81. The van der Waals surface area contributed by atoms with E-state index in [4.69, 9.17) is 4.74 Å². The van der Waals surface area contributed by atoms with E-state index in [0.29, 0.717) is 5.75 Å². The van der Waals surface area contributed by atoms with Crippen LogP contribution in [0.25, 0.3) is 0 Å². The summed E-state index contributed by atoms with van der Waals surface area (Å²) in [5.41, 5.74) is -0.112. The summed E-state index contributed by atoms with van der Waals surface area (Å²) in [7, 11) is 1.55. The summed E-state index contributed by atoms with van der Waals surface area (Å²) in [5, 5.41) is 9.31. The molecule has 4 heteroatoms. The molecule has 0 aliphatic heterocycles. The number of carbonyl (C=O) groups excluding carboxylic acids is 1. The molecular formula is C13H14BrNO2. The molecule has 0 radical (unpaired) electrons. The Morgan fingerprint density at radius 3 is 2.71 bits per heavy atom. The van der Waals surface area contributed by atoms with Crippen molar-refractivity contribution in [2.75, 3.05) is 7.11 Å². The van der Waals surface area contributed by atoms with Crippen LogP contribution < -0.4 is 4.74 Å². The van der Waals surface area contributed by atoms with E-state index in [1.54, 1.807) is 20.1 Å². The second-order valence-electron chi connectivity index (χ2n) is 4.17. The number of hydrogen-bond donors (Lipinski definition) is 0. The largest absolute Gasteiger partial charge is 0.496 e. The zero-order valence-corrected chi connectivity index (χ0v) is 11.7. The first-order valence-electron chi connectivity index (χ1n) is 5.17. The van der Waals surface area contributed by atoms with Crippen LogP contribution in [0.4, 0.5) is 0 Å². The van der Waals surface area contributed by atoms with E-state index < -0.39 is 5.41 Å². The van der Waals surface area contributed by atoms with Gasteiger partial charge in [-0.25, -0.2) is 0 Å². The van der Waals surface area contributed by atoms with Crippen LogP contribution in [0.2, 0.25) is 0 Å². The third-order valence-electron chi connectivity index (χ3n) is 2.61. The van der Waals surface area contributed by atoms with Gasteiger partial charge in [0.1, 0.15) is 11.5 Å². The van der Waals surface area contributed by atoms with Gasteiger partial charge in [0.25, 0.3) is 0 Å². The molecule has 0 saturated carbocycles. The lowest BCUT2D eigenvalue weighted by Gasteiger charge is -2.23. The molecule has 3 nitrogen and oxygen atoms in total. The summed E-state index contributed by atoms with van der Waals surface area (Å²) >= 11 is 3.35. The van der Waals surface area contributed by atoms with Crippen LogP contribution in [-0.2, 0) is 10.2 Å². The van der Waals surface area contributed by atoms with E-state index in [9.17, 15) is 10.1 Å². The van der Waals surface area contributed by atoms with Gasteiger partial charge in [0, 0.05) is 16.5 Å². The Labute approximate surface area is 110 Å². The van der Waals surface area contributed by atoms with Gasteiger partial charge in [-0.1, -0.05) is 22.0 Å². The van der Waals surface area contributed by atoms with Gasteiger partial charge in [0.15, 0.2) is 0 Å². The van der Waals surface area contributed by atoms with E-state index in [1.807, 2.05) is 12.1 Å². The number of carbonyl (C=O) groups is 1. The molecule has 0 aromatic heterocycles. The Balaban J connectivity index is 3.30. The standard InChI is InChI=1S/C13H14BrNO2/c1-9(16)7-13(2,8-15)11-5-4-10(14)6-12(11)17-3/h4-6H,7H2,1-3H3. The Morgan fingerprint density at radius 1 is 1.59 bits per heavy atom. The number of rotatable bonds is 4. The molecule has 1 atom stereocenters. The lowest BCUT2D eigenvalue weighted by atomic mass is 9.79. The van der Waals surface area contributed by atoms with Crippen molar-refractivity contribution in [3.8, 4) is 11.8 Å². The van der Waals surface area contributed by atoms with Gasteiger partial charge in [0.2, 0.25) is 0 Å². The first-order chi connectivity index (χ1) is 7.92. The number of nitrogens with zero attached hydrogens (tertiary/aromatic N) is 1. The average Bonchev–Trinajstić information content (AvgIpc) is 2.27. The lowest BCUT2D eigenvalue weighted by Crippen LogP contribution is -2.23. The second-order valence-corrected chi connectivity index (χ2v) is 5.08. The molecule has 1 aromatic carbocycles. The molecule has 0 amide bonds. The van der Waals surface area contributed by atoms with E-state index in [1.165, 1.54) is 6.92 Å². The maximum absolute atomic E-state index is 11.3.